The van der Waals surface area contributed by atoms with Crippen molar-refractivity contribution in [1.82, 2.24) is 4.90 Å². The van der Waals surface area contributed by atoms with Gasteiger partial charge in [0.1, 0.15) is 17.4 Å². The zero-order valence-electron chi connectivity index (χ0n) is 12.4. The van der Waals surface area contributed by atoms with Crippen molar-refractivity contribution >= 4 is 11.6 Å². The Kier molecular flexibility index (Phi) is 4.74. The highest BCUT2D eigenvalue weighted by atomic mass is 19.1. The first kappa shape index (κ1) is 15.5. The molecule has 0 aromatic heterocycles. The molecule has 2 aromatic carbocycles. The van der Waals surface area contributed by atoms with Crippen LogP contribution in [0.25, 0.3) is 0 Å². The molecule has 0 fully saturated rings. The molecule has 1 N–H and O–H groups in total. The number of rotatable bonds is 4. The zero-order valence-corrected chi connectivity index (χ0v) is 12.4. The van der Waals surface area contributed by atoms with Crippen molar-refractivity contribution in [1.29, 1.82) is 5.26 Å². The van der Waals surface area contributed by atoms with E-state index in [1.165, 1.54) is 11.0 Å². The summed E-state index contributed by atoms with van der Waals surface area (Å²) in [6, 6.07) is 13.5. The highest BCUT2D eigenvalue weighted by Crippen LogP contribution is 2.18. The number of carbonyl (C=O) groups excluding carboxylic acids is 1. The van der Waals surface area contributed by atoms with Crippen LogP contribution in [-0.2, 0) is 6.54 Å². The summed E-state index contributed by atoms with van der Waals surface area (Å²) in [5.41, 5.74) is 2.00. The first-order valence-electron chi connectivity index (χ1n) is 6.76. The Balaban J connectivity index is 2.09. The van der Waals surface area contributed by atoms with Crippen molar-refractivity contribution in [2.45, 2.75) is 6.54 Å². The lowest BCUT2D eigenvalue weighted by molar-refractivity contribution is 0.0827. The molecule has 0 unspecified atom stereocenters. The lowest BCUT2D eigenvalue weighted by Gasteiger charge is -2.11. The number of amides is 1. The van der Waals surface area contributed by atoms with Gasteiger partial charge in [-0.2, -0.15) is 5.26 Å². The molecule has 5 heteroatoms. The molecule has 2 rings (SSSR count). The highest BCUT2D eigenvalue weighted by Gasteiger charge is 2.09. The monoisotopic (exact) mass is 297 g/mol. The lowest BCUT2D eigenvalue weighted by Crippen LogP contribution is -2.21. The molecule has 0 saturated carbocycles. The molecule has 0 aliphatic heterocycles. The minimum Gasteiger partial charge on any atom is -0.380 e. The van der Waals surface area contributed by atoms with E-state index in [1.54, 1.807) is 38.4 Å². The quantitative estimate of drug-likeness (QED) is 0.943. The van der Waals surface area contributed by atoms with Crippen molar-refractivity contribution in [2.24, 2.45) is 0 Å². The predicted molar refractivity (Wildman–Crippen MR) is 82.9 cm³/mol. The fraction of sp³-hybridized carbons (Fsp3) is 0.176. The summed E-state index contributed by atoms with van der Waals surface area (Å²) in [4.78, 5) is 13.3. The van der Waals surface area contributed by atoms with Crippen LogP contribution in [0.1, 0.15) is 21.5 Å². The van der Waals surface area contributed by atoms with E-state index in [4.69, 9.17) is 5.26 Å². The molecule has 0 bridgehead atoms. The third kappa shape index (κ3) is 3.41. The van der Waals surface area contributed by atoms with Crippen molar-refractivity contribution < 1.29 is 9.18 Å². The summed E-state index contributed by atoms with van der Waals surface area (Å²) in [6.45, 7) is 0.439. The zero-order chi connectivity index (χ0) is 16.1. The predicted octanol–water partition coefficient (Wildman–Crippen LogP) is 3.01. The number of nitrogens with one attached hydrogen (secondary N) is 1. The number of halogens is 1. The van der Waals surface area contributed by atoms with E-state index < -0.39 is 5.82 Å². The maximum Gasteiger partial charge on any atom is 0.253 e. The number of anilines is 1. The van der Waals surface area contributed by atoms with Gasteiger partial charge in [-0.3, -0.25) is 4.79 Å². The molecule has 0 aliphatic rings. The Morgan fingerprint density at radius 2 is 1.91 bits per heavy atom. The second-order valence-electron chi connectivity index (χ2n) is 5.02. The van der Waals surface area contributed by atoms with Crippen LogP contribution in [0.15, 0.2) is 42.5 Å². The molecule has 0 spiro atoms. The Labute approximate surface area is 128 Å². The van der Waals surface area contributed by atoms with E-state index in [1.807, 2.05) is 18.2 Å². The van der Waals surface area contributed by atoms with Gasteiger partial charge in [0.25, 0.3) is 5.91 Å². The standard InChI is InChI=1S/C17H16FN3O/c1-21(2)17(22)13-8-6-12(7-9-13)11-20-16-5-3-4-15(18)14(16)10-19/h3-9,20H,11H2,1-2H3. The summed E-state index contributed by atoms with van der Waals surface area (Å²) >= 11 is 0. The van der Waals surface area contributed by atoms with Crippen LogP contribution in [-0.4, -0.2) is 24.9 Å². The van der Waals surface area contributed by atoms with E-state index in [9.17, 15) is 9.18 Å². The Morgan fingerprint density at radius 3 is 2.50 bits per heavy atom. The molecular formula is C17H16FN3O. The Bertz CT molecular complexity index is 718. The molecular weight excluding hydrogens is 281 g/mol. The maximum atomic E-state index is 13.5. The number of nitrogens with zero attached hydrogens (tertiary/aromatic N) is 2. The van der Waals surface area contributed by atoms with Gasteiger partial charge in [0.05, 0.1) is 5.69 Å². The number of hydrogen-bond donors (Lipinski definition) is 1. The van der Waals surface area contributed by atoms with E-state index in [0.717, 1.165) is 5.56 Å². The van der Waals surface area contributed by atoms with Crippen LogP contribution in [0.2, 0.25) is 0 Å². The molecule has 22 heavy (non-hydrogen) atoms. The molecule has 0 heterocycles. The summed E-state index contributed by atoms with van der Waals surface area (Å²) in [5, 5.41) is 12.0. The van der Waals surface area contributed by atoms with E-state index >= 15 is 0 Å². The van der Waals surface area contributed by atoms with E-state index in [-0.39, 0.29) is 11.5 Å². The average molecular weight is 297 g/mol. The minimum atomic E-state index is -0.542. The van der Waals surface area contributed by atoms with Gasteiger partial charge in [0.15, 0.2) is 0 Å². The van der Waals surface area contributed by atoms with Gasteiger partial charge in [-0.05, 0) is 29.8 Å². The first-order valence-corrected chi connectivity index (χ1v) is 6.76. The molecule has 112 valence electrons. The van der Waals surface area contributed by atoms with Gasteiger partial charge >= 0.3 is 0 Å². The van der Waals surface area contributed by atoms with Crippen LogP contribution in [0.4, 0.5) is 10.1 Å². The summed E-state index contributed by atoms with van der Waals surface area (Å²) < 4.78 is 13.5. The van der Waals surface area contributed by atoms with E-state index in [0.29, 0.717) is 17.8 Å². The van der Waals surface area contributed by atoms with Gasteiger partial charge in [-0.25, -0.2) is 4.39 Å². The third-order valence-corrected chi connectivity index (χ3v) is 3.22. The largest absolute Gasteiger partial charge is 0.380 e. The number of nitriles is 1. The summed E-state index contributed by atoms with van der Waals surface area (Å²) in [6.07, 6.45) is 0. The molecule has 0 radical (unpaired) electrons. The van der Waals surface area contributed by atoms with Crippen molar-refractivity contribution in [3.63, 3.8) is 0 Å². The average Bonchev–Trinajstić information content (AvgIpc) is 2.52. The fourth-order valence-corrected chi connectivity index (χ4v) is 2.01. The molecule has 0 saturated heterocycles. The fourth-order valence-electron chi connectivity index (χ4n) is 2.01. The van der Waals surface area contributed by atoms with Crippen LogP contribution in [0.5, 0.6) is 0 Å². The van der Waals surface area contributed by atoms with Gasteiger partial charge in [-0.1, -0.05) is 18.2 Å². The molecule has 1 amide bonds. The molecule has 2 aromatic rings. The SMILES string of the molecule is CN(C)C(=O)c1ccc(CNc2cccc(F)c2C#N)cc1. The number of benzene rings is 2. The lowest BCUT2D eigenvalue weighted by atomic mass is 10.1. The van der Waals surface area contributed by atoms with Gasteiger partial charge in [-0.15, -0.1) is 0 Å². The maximum absolute atomic E-state index is 13.5. The van der Waals surface area contributed by atoms with Crippen molar-refractivity contribution in [3.05, 3.63) is 65.0 Å². The topological polar surface area (TPSA) is 56.1 Å². The van der Waals surface area contributed by atoms with Crippen LogP contribution >= 0.6 is 0 Å². The summed E-state index contributed by atoms with van der Waals surface area (Å²) in [5.74, 6) is -0.601. The van der Waals surface area contributed by atoms with Gasteiger partial charge < -0.3 is 10.2 Å². The van der Waals surface area contributed by atoms with Gasteiger partial charge in [0.2, 0.25) is 0 Å². The highest BCUT2D eigenvalue weighted by molar-refractivity contribution is 5.93. The van der Waals surface area contributed by atoms with E-state index in [2.05, 4.69) is 5.32 Å². The van der Waals surface area contributed by atoms with Crippen LogP contribution < -0.4 is 5.32 Å². The van der Waals surface area contributed by atoms with Crippen LogP contribution in [0.3, 0.4) is 0 Å². The first-order chi connectivity index (χ1) is 10.5. The number of hydrogen-bond acceptors (Lipinski definition) is 3. The Morgan fingerprint density at radius 1 is 1.23 bits per heavy atom. The normalized spacial score (nSPS) is 9.91. The number of carbonyl (C=O) groups is 1. The van der Waals surface area contributed by atoms with Crippen molar-refractivity contribution in [3.8, 4) is 6.07 Å². The second-order valence-corrected chi connectivity index (χ2v) is 5.02. The molecule has 4 nitrogen and oxygen atoms in total. The van der Waals surface area contributed by atoms with Crippen molar-refractivity contribution in [2.75, 3.05) is 19.4 Å². The van der Waals surface area contributed by atoms with Gasteiger partial charge in [0, 0.05) is 26.2 Å². The molecule has 0 aliphatic carbocycles. The second kappa shape index (κ2) is 6.72. The van der Waals surface area contributed by atoms with Crippen LogP contribution in [0, 0.1) is 17.1 Å². The Hall–Kier alpha value is -2.87. The summed E-state index contributed by atoms with van der Waals surface area (Å²) in [7, 11) is 3.40. The molecule has 0 atom stereocenters. The third-order valence-electron chi connectivity index (χ3n) is 3.22. The minimum absolute atomic E-state index is 0.00176. The smallest absolute Gasteiger partial charge is 0.253 e.